The second-order valence-electron chi connectivity index (χ2n) is 6.98. The van der Waals surface area contributed by atoms with Crippen LogP contribution in [0.1, 0.15) is 46.5 Å². The average Bonchev–Trinajstić information content (AvgIpc) is 3.02. The number of hydrogen-bond acceptors (Lipinski definition) is 5. The summed E-state index contributed by atoms with van der Waals surface area (Å²) in [4.78, 5) is 17.3. The fraction of sp³-hybridized carbons (Fsp3) is 0.286. The van der Waals surface area contributed by atoms with Crippen molar-refractivity contribution < 1.29 is 4.79 Å². The van der Waals surface area contributed by atoms with E-state index in [1.807, 2.05) is 65.8 Å². The number of nitrogens with one attached hydrogen (secondary N) is 2. The molecule has 5 nitrogen and oxygen atoms in total. The van der Waals surface area contributed by atoms with Gasteiger partial charge in [0.1, 0.15) is 0 Å². The van der Waals surface area contributed by atoms with Crippen molar-refractivity contribution in [1.82, 2.24) is 4.98 Å². The summed E-state index contributed by atoms with van der Waals surface area (Å²) < 4.78 is 1.04. The summed E-state index contributed by atoms with van der Waals surface area (Å²) in [6.45, 7) is 11.9. The van der Waals surface area contributed by atoms with Gasteiger partial charge in [0, 0.05) is 17.0 Å². The summed E-state index contributed by atoms with van der Waals surface area (Å²) in [6, 6.07) is 7.77. The summed E-state index contributed by atoms with van der Waals surface area (Å²) in [7, 11) is 0. The summed E-state index contributed by atoms with van der Waals surface area (Å²) in [5.41, 5.74) is 10.6. The van der Waals surface area contributed by atoms with Crippen LogP contribution in [0.5, 0.6) is 0 Å². The highest BCUT2D eigenvalue weighted by molar-refractivity contribution is 7.22. The number of anilines is 2. The van der Waals surface area contributed by atoms with Crippen LogP contribution in [-0.2, 0) is 0 Å². The molecule has 0 atom stereocenters. The Morgan fingerprint density at radius 2 is 1.78 bits per heavy atom. The van der Waals surface area contributed by atoms with Gasteiger partial charge in [-0.1, -0.05) is 17.4 Å². The highest BCUT2D eigenvalue weighted by Gasteiger charge is 2.15. The highest BCUT2D eigenvalue weighted by atomic mass is 32.1. The predicted molar refractivity (Wildman–Crippen MR) is 115 cm³/mol. The summed E-state index contributed by atoms with van der Waals surface area (Å²) in [6.07, 6.45) is 0. The molecule has 0 aliphatic heterocycles. The van der Waals surface area contributed by atoms with Crippen molar-refractivity contribution in [3.8, 4) is 0 Å². The molecule has 0 spiro atoms. The Hall–Kier alpha value is -2.73. The lowest BCUT2D eigenvalue weighted by atomic mass is 10.0. The SMILES string of the molecule is CC(C)=NNc1nc2cc(C)c(NC(=O)c3ccc(C)c(C)c3)c(C)c2s1. The molecule has 27 heavy (non-hydrogen) atoms. The molecular formula is C21H24N4OS. The number of fused-ring (bicyclic) bond motifs is 1. The van der Waals surface area contributed by atoms with Crippen LogP contribution in [0.2, 0.25) is 0 Å². The zero-order valence-electron chi connectivity index (χ0n) is 16.5. The standard InChI is InChI=1S/C21H24N4OS/c1-11(2)24-25-21-22-17-10-14(5)18(15(6)19(17)27-21)23-20(26)16-8-7-12(3)13(4)9-16/h7-10H,1-6H3,(H,22,25)(H,23,26). The van der Waals surface area contributed by atoms with Crippen LogP contribution in [0, 0.1) is 27.7 Å². The van der Waals surface area contributed by atoms with Gasteiger partial charge in [0.25, 0.3) is 5.91 Å². The molecule has 1 aromatic heterocycles. The van der Waals surface area contributed by atoms with Crippen molar-refractivity contribution in [1.29, 1.82) is 0 Å². The maximum absolute atomic E-state index is 12.7. The molecule has 2 N–H and O–H groups in total. The van der Waals surface area contributed by atoms with Crippen LogP contribution in [0.15, 0.2) is 29.4 Å². The number of aromatic nitrogens is 1. The van der Waals surface area contributed by atoms with Gasteiger partial charge in [-0.3, -0.25) is 10.2 Å². The van der Waals surface area contributed by atoms with Crippen LogP contribution in [-0.4, -0.2) is 16.6 Å². The summed E-state index contributed by atoms with van der Waals surface area (Å²) >= 11 is 1.54. The van der Waals surface area contributed by atoms with Gasteiger partial charge in [-0.2, -0.15) is 5.10 Å². The van der Waals surface area contributed by atoms with E-state index >= 15 is 0 Å². The van der Waals surface area contributed by atoms with E-state index in [0.29, 0.717) is 5.56 Å². The first-order valence-corrected chi connectivity index (χ1v) is 9.64. The number of carbonyl (C=O) groups is 1. The second-order valence-corrected chi connectivity index (χ2v) is 7.98. The van der Waals surface area contributed by atoms with Crippen molar-refractivity contribution in [3.05, 3.63) is 52.1 Å². The third-order valence-corrected chi connectivity index (χ3v) is 5.59. The van der Waals surface area contributed by atoms with Gasteiger partial charge in [0.2, 0.25) is 5.13 Å². The lowest BCUT2D eigenvalue weighted by Gasteiger charge is -2.13. The number of hydrazone groups is 1. The number of hydrogen-bond donors (Lipinski definition) is 2. The third kappa shape index (κ3) is 4.01. The Morgan fingerprint density at radius 3 is 2.44 bits per heavy atom. The van der Waals surface area contributed by atoms with E-state index in [1.54, 1.807) is 0 Å². The van der Waals surface area contributed by atoms with Crippen molar-refractivity contribution in [2.45, 2.75) is 41.5 Å². The topological polar surface area (TPSA) is 66.4 Å². The number of nitrogens with zero attached hydrogens (tertiary/aromatic N) is 2. The van der Waals surface area contributed by atoms with Gasteiger partial charge >= 0.3 is 0 Å². The molecule has 140 valence electrons. The lowest BCUT2D eigenvalue weighted by molar-refractivity contribution is 0.102. The zero-order valence-corrected chi connectivity index (χ0v) is 17.3. The van der Waals surface area contributed by atoms with Crippen molar-refractivity contribution in [2.75, 3.05) is 10.7 Å². The van der Waals surface area contributed by atoms with Crippen LogP contribution in [0.3, 0.4) is 0 Å². The van der Waals surface area contributed by atoms with Gasteiger partial charge in [0.05, 0.1) is 10.2 Å². The van der Waals surface area contributed by atoms with Crippen LogP contribution < -0.4 is 10.7 Å². The first kappa shape index (κ1) is 19.0. The molecule has 0 aliphatic carbocycles. The average molecular weight is 381 g/mol. The van der Waals surface area contributed by atoms with Crippen molar-refractivity contribution in [2.24, 2.45) is 5.10 Å². The fourth-order valence-electron chi connectivity index (χ4n) is 2.85. The number of rotatable bonds is 4. The van der Waals surface area contributed by atoms with Gasteiger partial charge in [0.15, 0.2) is 0 Å². The number of carbonyl (C=O) groups excluding carboxylic acids is 1. The Morgan fingerprint density at radius 1 is 1.04 bits per heavy atom. The summed E-state index contributed by atoms with van der Waals surface area (Å²) in [5.74, 6) is -0.0993. The Kier molecular flexibility index (Phi) is 5.28. The van der Waals surface area contributed by atoms with Crippen LogP contribution in [0.4, 0.5) is 10.8 Å². The van der Waals surface area contributed by atoms with Gasteiger partial charge in [-0.05, 0) is 82.0 Å². The molecule has 0 unspecified atom stereocenters. The predicted octanol–water partition coefficient (Wildman–Crippen LogP) is 5.59. The molecular weight excluding hydrogens is 356 g/mol. The quantitative estimate of drug-likeness (QED) is 0.458. The summed E-state index contributed by atoms with van der Waals surface area (Å²) in [5, 5.41) is 8.04. The normalized spacial score (nSPS) is 10.7. The molecule has 3 aromatic rings. The monoisotopic (exact) mass is 380 g/mol. The molecule has 6 heteroatoms. The maximum atomic E-state index is 12.7. The van der Waals surface area contributed by atoms with Crippen LogP contribution in [0.25, 0.3) is 10.2 Å². The van der Waals surface area contributed by atoms with E-state index in [9.17, 15) is 4.79 Å². The van der Waals surface area contributed by atoms with Gasteiger partial charge in [-0.25, -0.2) is 4.98 Å². The number of aryl methyl sites for hydroxylation is 4. The first-order valence-electron chi connectivity index (χ1n) is 8.82. The largest absolute Gasteiger partial charge is 0.321 e. The van der Waals surface area contributed by atoms with Crippen molar-refractivity contribution in [3.63, 3.8) is 0 Å². The molecule has 3 rings (SSSR count). The molecule has 1 heterocycles. The van der Waals surface area contributed by atoms with Crippen molar-refractivity contribution >= 4 is 44.0 Å². The Bertz CT molecular complexity index is 1060. The number of thiazole rings is 1. The fourth-order valence-corrected chi connectivity index (χ4v) is 3.75. The zero-order chi connectivity index (χ0) is 19.7. The smallest absolute Gasteiger partial charge is 0.255 e. The maximum Gasteiger partial charge on any atom is 0.255 e. The molecule has 0 radical (unpaired) electrons. The van der Waals surface area contributed by atoms with E-state index < -0.39 is 0 Å². The minimum absolute atomic E-state index is 0.0993. The lowest BCUT2D eigenvalue weighted by Crippen LogP contribution is -2.14. The van der Waals surface area contributed by atoms with E-state index in [2.05, 4.69) is 20.8 Å². The molecule has 0 aliphatic rings. The minimum atomic E-state index is -0.0993. The number of amides is 1. The Balaban J connectivity index is 1.95. The van der Waals surface area contributed by atoms with E-state index in [4.69, 9.17) is 0 Å². The number of benzene rings is 2. The molecule has 0 saturated carbocycles. The first-order chi connectivity index (χ1) is 12.8. The van der Waals surface area contributed by atoms with E-state index in [-0.39, 0.29) is 5.91 Å². The molecule has 0 fully saturated rings. The Labute approximate surface area is 163 Å². The third-order valence-electron chi connectivity index (χ3n) is 4.50. The van der Waals surface area contributed by atoms with Gasteiger partial charge < -0.3 is 5.32 Å². The van der Waals surface area contributed by atoms with Crippen LogP contribution >= 0.6 is 11.3 Å². The second kappa shape index (κ2) is 7.48. The highest BCUT2D eigenvalue weighted by Crippen LogP contribution is 2.35. The van der Waals surface area contributed by atoms with E-state index in [1.165, 1.54) is 16.9 Å². The molecule has 1 amide bonds. The molecule has 2 aromatic carbocycles. The van der Waals surface area contributed by atoms with Gasteiger partial charge in [-0.15, -0.1) is 0 Å². The van der Waals surface area contributed by atoms with E-state index in [0.717, 1.165) is 43.4 Å². The minimum Gasteiger partial charge on any atom is -0.321 e. The molecule has 0 bridgehead atoms. The molecule has 0 saturated heterocycles.